The molecule has 6 nitrogen and oxygen atoms in total. The minimum Gasteiger partial charge on any atom is -0.386 e. The molecule has 0 fully saturated rings. The molecule has 6 heteroatoms. The third-order valence-corrected chi connectivity index (χ3v) is 3.86. The van der Waals surface area contributed by atoms with E-state index in [0.29, 0.717) is 12.1 Å². The number of aliphatic hydroxyl groups excluding tert-OH is 1. The summed E-state index contributed by atoms with van der Waals surface area (Å²) in [6.07, 6.45) is 6.66. The Morgan fingerprint density at radius 3 is 2.96 bits per heavy atom. The van der Waals surface area contributed by atoms with E-state index in [-0.39, 0.29) is 11.6 Å². The first-order valence-electron chi connectivity index (χ1n) is 7.53. The predicted octanol–water partition coefficient (Wildman–Crippen LogP) is 1.19. The number of dihydropyridines is 1. The third kappa shape index (κ3) is 3.28. The van der Waals surface area contributed by atoms with Crippen LogP contribution in [0.15, 0.2) is 53.5 Å². The fourth-order valence-electron chi connectivity index (χ4n) is 2.62. The largest absolute Gasteiger partial charge is 0.386 e. The van der Waals surface area contributed by atoms with E-state index in [0.717, 1.165) is 16.6 Å². The van der Waals surface area contributed by atoms with E-state index < -0.39 is 6.23 Å². The molecule has 0 amide bonds. The predicted molar refractivity (Wildman–Crippen MR) is 92.3 cm³/mol. The molecule has 2 unspecified atom stereocenters. The molecule has 2 aromatic rings. The molecule has 0 saturated carbocycles. The molecule has 1 aromatic heterocycles. The van der Waals surface area contributed by atoms with E-state index in [4.69, 9.17) is 0 Å². The number of benzene rings is 1. The minimum atomic E-state index is -1.03. The van der Waals surface area contributed by atoms with Gasteiger partial charge in [-0.15, -0.1) is 0 Å². The van der Waals surface area contributed by atoms with Crippen molar-refractivity contribution in [2.45, 2.75) is 12.3 Å². The summed E-state index contributed by atoms with van der Waals surface area (Å²) in [6.45, 7) is 0.510. The second kappa shape index (κ2) is 6.68. The number of allylic oxidation sites excluding steroid dienone is 2. The summed E-state index contributed by atoms with van der Waals surface area (Å²) >= 11 is 0. The Labute approximate surface area is 133 Å². The number of aliphatic hydroxyl groups is 1. The average Bonchev–Trinajstić information content (AvgIpc) is 2.59. The molecule has 0 saturated heterocycles. The van der Waals surface area contributed by atoms with Crippen LogP contribution < -0.4 is 21.5 Å². The molecule has 1 aliphatic rings. The third-order valence-electron chi connectivity index (χ3n) is 3.86. The van der Waals surface area contributed by atoms with Gasteiger partial charge in [-0.05, 0) is 24.4 Å². The summed E-state index contributed by atoms with van der Waals surface area (Å²) in [6, 6.07) is 7.50. The van der Waals surface area contributed by atoms with Gasteiger partial charge in [0.2, 0.25) is 0 Å². The Kier molecular flexibility index (Phi) is 4.45. The number of H-pyrrole nitrogens is 1. The summed E-state index contributed by atoms with van der Waals surface area (Å²) in [4.78, 5) is 15.1. The highest BCUT2D eigenvalue weighted by Gasteiger charge is 2.15. The molecule has 1 aromatic carbocycles. The Bertz CT molecular complexity index is 810. The van der Waals surface area contributed by atoms with Crippen LogP contribution in [0, 0.1) is 0 Å². The highest BCUT2D eigenvalue weighted by molar-refractivity contribution is 5.90. The number of rotatable bonds is 5. The number of anilines is 1. The summed E-state index contributed by atoms with van der Waals surface area (Å²) in [5.41, 5.74) is 1.59. The number of aromatic amines is 1. The maximum absolute atomic E-state index is 12.3. The Hall–Kier alpha value is -2.57. The van der Waals surface area contributed by atoms with Crippen LogP contribution in [0.1, 0.15) is 11.8 Å². The van der Waals surface area contributed by atoms with Gasteiger partial charge in [-0.1, -0.05) is 24.3 Å². The summed E-state index contributed by atoms with van der Waals surface area (Å²) in [5, 5.41) is 20.3. The SMILES string of the molecule is CNc1cccc2cc(C(O)NCC3C=CC=CN3)c(=O)[nH]c12. The van der Waals surface area contributed by atoms with E-state index in [1.807, 2.05) is 42.6 Å². The molecule has 2 heterocycles. The van der Waals surface area contributed by atoms with Gasteiger partial charge in [0.25, 0.3) is 5.56 Å². The quantitative estimate of drug-likeness (QED) is 0.535. The van der Waals surface area contributed by atoms with Crippen molar-refractivity contribution >= 4 is 16.6 Å². The smallest absolute Gasteiger partial charge is 0.255 e. The Morgan fingerprint density at radius 1 is 1.35 bits per heavy atom. The molecule has 0 bridgehead atoms. The average molecular weight is 312 g/mol. The molecule has 3 rings (SSSR count). The van der Waals surface area contributed by atoms with Crippen LogP contribution in [0.5, 0.6) is 0 Å². The van der Waals surface area contributed by atoms with Crippen LogP contribution in [-0.4, -0.2) is 29.7 Å². The van der Waals surface area contributed by atoms with Gasteiger partial charge < -0.3 is 20.7 Å². The van der Waals surface area contributed by atoms with Crippen molar-refractivity contribution < 1.29 is 5.11 Å². The fraction of sp³-hybridized carbons (Fsp3) is 0.235. The van der Waals surface area contributed by atoms with E-state index in [1.54, 1.807) is 13.1 Å². The lowest BCUT2D eigenvalue weighted by Crippen LogP contribution is -2.38. The lowest BCUT2D eigenvalue weighted by atomic mass is 10.1. The van der Waals surface area contributed by atoms with Crippen molar-refractivity contribution in [3.63, 3.8) is 0 Å². The molecular weight excluding hydrogens is 292 g/mol. The first-order valence-corrected chi connectivity index (χ1v) is 7.53. The Balaban J connectivity index is 1.81. The molecule has 1 aliphatic heterocycles. The van der Waals surface area contributed by atoms with Gasteiger partial charge in [0.05, 0.1) is 22.8 Å². The molecule has 5 N–H and O–H groups in total. The molecular formula is C17H20N4O2. The molecule has 0 spiro atoms. The number of nitrogens with one attached hydrogen (secondary N) is 4. The van der Waals surface area contributed by atoms with Crippen LogP contribution in [-0.2, 0) is 0 Å². The molecule has 23 heavy (non-hydrogen) atoms. The Morgan fingerprint density at radius 2 is 2.22 bits per heavy atom. The van der Waals surface area contributed by atoms with Crippen molar-refractivity contribution in [2.75, 3.05) is 18.9 Å². The molecule has 2 atom stereocenters. The zero-order valence-electron chi connectivity index (χ0n) is 12.8. The van der Waals surface area contributed by atoms with Crippen molar-refractivity contribution in [2.24, 2.45) is 0 Å². The normalized spacial score (nSPS) is 17.9. The summed E-state index contributed by atoms with van der Waals surface area (Å²) in [5.74, 6) is 0. The van der Waals surface area contributed by atoms with Gasteiger partial charge in [0.15, 0.2) is 0 Å². The minimum absolute atomic E-state index is 0.0880. The van der Waals surface area contributed by atoms with Crippen LogP contribution in [0.2, 0.25) is 0 Å². The number of aromatic nitrogens is 1. The van der Waals surface area contributed by atoms with Crippen molar-refractivity contribution in [3.05, 3.63) is 64.6 Å². The fourth-order valence-corrected chi connectivity index (χ4v) is 2.62. The standard InChI is InChI=1S/C17H20N4O2/c1-18-14-7-4-5-11-9-13(17(23)21-15(11)14)16(22)20-10-12-6-2-3-8-19-12/h2-9,12,16,18-20,22H,10H2,1H3,(H,21,23). The van der Waals surface area contributed by atoms with Crippen LogP contribution in [0.4, 0.5) is 5.69 Å². The van der Waals surface area contributed by atoms with E-state index in [9.17, 15) is 9.90 Å². The second-order valence-corrected chi connectivity index (χ2v) is 5.40. The van der Waals surface area contributed by atoms with Crippen molar-refractivity contribution in [1.29, 1.82) is 0 Å². The molecule has 120 valence electrons. The number of para-hydroxylation sites is 1. The van der Waals surface area contributed by atoms with Crippen LogP contribution in [0.25, 0.3) is 10.9 Å². The highest BCUT2D eigenvalue weighted by Crippen LogP contribution is 2.21. The lowest BCUT2D eigenvalue weighted by Gasteiger charge is -2.19. The van der Waals surface area contributed by atoms with E-state index in [1.165, 1.54) is 0 Å². The monoisotopic (exact) mass is 312 g/mol. The number of hydrogen-bond donors (Lipinski definition) is 5. The summed E-state index contributed by atoms with van der Waals surface area (Å²) < 4.78 is 0. The number of fused-ring (bicyclic) bond motifs is 1. The highest BCUT2D eigenvalue weighted by atomic mass is 16.3. The topological polar surface area (TPSA) is 89.2 Å². The van der Waals surface area contributed by atoms with Gasteiger partial charge in [0.1, 0.15) is 6.23 Å². The van der Waals surface area contributed by atoms with Gasteiger partial charge in [0, 0.05) is 19.0 Å². The zero-order valence-corrected chi connectivity index (χ0v) is 12.8. The number of hydrogen-bond acceptors (Lipinski definition) is 5. The van der Waals surface area contributed by atoms with Crippen molar-refractivity contribution in [1.82, 2.24) is 15.6 Å². The first kappa shape index (κ1) is 15.3. The van der Waals surface area contributed by atoms with Gasteiger partial charge in [-0.2, -0.15) is 0 Å². The number of pyridine rings is 1. The van der Waals surface area contributed by atoms with Gasteiger partial charge in [-0.25, -0.2) is 0 Å². The zero-order chi connectivity index (χ0) is 16.2. The van der Waals surface area contributed by atoms with Crippen LogP contribution >= 0.6 is 0 Å². The summed E-state index contributed by atoms with van der Waals surface area (Å²) in [7, 11) is 1.80. The van der Waals surface area contributed by atoms with Crippen LogP contribution in [0.3, 0.4) is 0 Å². The van der Waals surface area contributed by atoms with Gasteiger partial charge >= 0.3 is 0 Å². The van der Waals surface area contributed by atoms with Gasteiger partial charge in [-0.3, -0.25) is 10.1 Å². The lowest BCUT2D eigenvalue weighted by molar-refractivity contribution is 0.136. The maximum Gasteiger partial charge on any atom is 0.255 e. The van der Waals surface area contributed by atoms with Crippen molar-refractivity contribution in [3.8, 4) is 0 Å². The van der Waals surface area contributed by atoms with E-state index in [2.05, 4.69) is 20.9 Å². The maximum atomic E-state index is 12.3. The molecule has 0 aliphatic carbocycles. The van der Waals surface area contributed by atoms with E-state index >= 15 is 0 Å². The first-order chi connectivity index (χ1) is 11.2. The molecule has 0 radical (unpaired) electrons. The second-order valence-electron chi connectivity index (χ2n) is 5.40.